The second-order valence-corrected chi connectivity index (χ2v) is 24.1. The van der Waals surface area contributed by atoms with Crippen molar-refractivity contribution in [2.24, 2.45) is 0 Å². The minimum Gasteiger partial charge on any atom is -0.333 e. The summed E-state index contributed by atoms with van der Waals surface area (Å²) in [7, 11) is -1.36. The molecule has 2 aliphatic rings. The molecule has 1 unspecified atom stereocenters. The Hall–Kier alpha value is -5.19. The largest absolute Gasteiger partial charge is 0.333 e. The summed E-state index contributed by atoms with van der Waals surface area (Å²) in [5, 5.41) is 1.55. The first-order chi connectivity index (χ1) is 30.1. The Morgan fingerprint density at radius 2 is 1.32 bits per heavy atom. The topological polar surface area (TPSA) is 30.7 Å². The van der Waals surface area contributed by atoms with Crippen molar-refractivity contribution in [3.05, 3.63) is 191 Å². The van der Waals surface area contributed by atoms with Gasteiger partial charge in [0.05, 0.1) is 24.9 Å². The minimum atomic E-state index is -1.36. The Balaban J connectivity index is 0.000000201. The van der Waals surface area contributed by atoms with E-state index in [2.05, 4.69) is 198 Å². The van der Waals surface area contributed by atoms with E-state index in [1.165, 1.54) is 76.7 Å². The third kappa shape index (κ3) is 8.86. The maximum Gasteiger partial charge on any atom is 0.0799 e. The number of fused-ring (bicyclic) bond motifs is 4. The molecule has 1 atom stereocenters. The fourth-order valence-corrected chi connectivity index (χ4v) is 11.6. The third-order valence-electron chi connectivity index (χ3n) is 13.1. The third-order valence-corrected chi connectivity index (χ3v) is 15.2. The van der Waals surface area contributed by atoms with Gasteiger partial charge in [0.25, 0.3) is 0 Å². The first-order valence-corrected chi connectivity index (χ1v) is 26.4. The molecule has 8 aromatic rings. The smallest absolute Gasteiger partial charge is 0.0799 e. The van der Waals surface area contributed by atoms with E-state index in [0.29, 0.717) is 11.8 Å². The number of hydrogen-bond donors (Lipinski definition) is 0. The van der Waals surface area contributed by atoms with E-state index < -0.39 is 8.07 Å². The molecule has 0 N–H and O–H groups in total. The Labute approximate surface area is 390 Å². The monoisotopic (exact) mass is 1020 g/mol. The van der Waals surface area contributed by atoms with E-state index in [-0.39, 0.29) is 26.0 Å². The zero-order valence-corrected chi connectivity index (χ0v) is 41.3. The second-order valence-electron chi connectivity index (χ2n) is 19.0. The van der Waals surface area contributed by atoms with Crippen molar-refractivity contribution in [3.8, 4) is 39.5 Å². The van der Waals surface area contributed by atoms with Crippen LogP contribution in [0.25, 0.3) is 50.5 Å². The van der Waals surface area contributed by atoms with E-state index in [4.69, 9.17) is 9.97 Å². The number of imidazole rings is 1. The summed E-state index contributed by atoms with van der Waals surface area (Å²) >= 11 is 0. The van der Waals surface area contributed by atoms with Crippen LogP contribution in [0.2, 0.25) is 19.6 Å². The Morgan fingerprint density at radius 3 is 2.02 bits per heavy atom. The van der Waals surface area contributed by atoms with E-state index in [0.717, 1.165) is 39.6 Å². The zero-order chi connectivity index (χ0) is 43.0. The Bertz CT molecular complexity index is 2800. The van der Waals surface area contributed by atoms with Crippen LogP contribution in [-0.4, -0.2) is 22.6 Å². The van der Waals surface area contributed by atoms with E-state index in [1.54, 1.807) is 10.8 Å². The van der Waals surface area contributed by atoms with Crippen LogP contribution in [0.3, 0.4) is 0 Å². The van der Waals surface area contributed by atoms with Crippen molar-refractivity contribution in [1.29, 1.82) is 0 Å². The van der Waals surface area contributed by atoms with Crippen LogP contribution in [0.4, 0.5) is 0 Å². The van der Waals surface area contributed by atoms with Gasteiger partial charge in [-0.05, 0) is 81.4 Å². The van der Waals surface area contributed by atoms with Crippen LogP contribution in [0.5, 0.6) is 0 Å². The standard InChI is InChI=1S/C38H33N2.C20H26NSi.Ir/c1-24(2)28-17-12-18-29(25(3)4)37(28)40-35-20-11-10-19-34(35)39-38(40)27-21-22-32-33(23-27)30-15-8-9-16-31(30)36(32)26-13-6-5-7-14-26;1-22(2,3)20-15-21-19(17-12-8-5-9-13-17)14-18(20)16-10-6-4-7-11-16;/h5-20,22-25,36H,1-4H3;5,8-9,12,14-16H,4,6-7,10-11H2,1-3H3;/q2*-1;. The molecule has 6 aromatic carbocycles. The van der Waals surface area contributed by atoms with Crippen LogP contribution in [-0.2, 0) is 20.1 Å². The van der Waals surface area contributed by atoms with Crippen LogP contribution < -0.4 is 5.19 Å². The van der Waals surface area contributed by atoms with Gasteiger partial charge < -0.3 is 9.55 Å². The molecule has 10 rings (SSSR count). The zero-order valence-electron chi connectivity index (χ0n) is 37.9. The number of rotatable bonds is 8. The molecule has 0 amide bonds. The van der Waals surface area contributed by atoms with Gasteiger partial charge in [0.2, 0.25) is 0 Å². The van der Waals surface area contributed by atoms with Gasteiger partial charge in [-0.15, -0.1) is 65.2 Å². The predicted octanol–water partition coefficient (Wildman–Crippen LogP) is 15.0. The van der Waals surface area contributed by atoms with Gasteiger partial charge in [0.1, 0.15) is 0 Å². The molecule has 0 aliphatic heterocycles. The molecular weight excluding hydrogens is 959 g/mol. The van der Waals surface area contributed by atoms with Gasteiger partial charge in [-0.3, -0.25) is 4.98 Å². The fourth-order valence-electron chi connectivity index (χ4n) is 10.0. The summed E-state index contributed by atoms with van der Waals surface area (Å²) in [5.74, 6) is 2.65. The summed E-state index contributed by atoms with van der Waals surface area (Å²) in [6.45, 7) is 16.4. The first kappa shape index (κ1) is 44.4. The molecule has 5 heteroatoms. The number of aromatic nitrogens is 3. The molecular formula is C58H59IrN3Si-2. The average molecular weight is 1020 g/mol. The van der Waals surface area contributed by atoms with Gasteiger partial charge >= 0.3 is 0 Å². The van der Waals surface area contributed by atoms with Crippen LogP contribution in [0, 0.1) is 12.1 Å². The van der Waals surface area contributed by atoms with Crippen LogP contribution >= 0.6 is 0 Å². The molecule has 2 heterocycles. The van der Waals surface area contributed by atoms with E-state index in [9.17, 15) is 0 Å². The normalized spacial score (nSPS) is 14.8. The maximum atomic E-state index is 5.25. The molecule has 2 aliphatic carbocycles. The number of pyridine rings is 1. The molecule has 3 nitrogen and oxygen atoms in total. The van der Waals surface area contributed by atoms with Gasteiger partial charge in [-0.1, -0.05) is 169 Å². The minimum absolute atomic E-state index is 0. The van der Waals surface area contributed by atoms with E-state index >= 15 is 0 Å². The first-order valence-electron chi connectivity index (χ1n) is 22.9. The fraction of sp³-hybridized carbons (Fsp3) is 0.276. The van der Waals surface area contributed by atoms with Gasteiger partial charge in [0, 0.05) is 37.9 Å². The quantitative estimate of drug-likeness (QED) is 0.112. The number of hydrogen-bond acceptors (Lipinski definition) is 2. The molecule has 0 saturated heterocycles. The van der Waals surface area contributed by atoms with Crippen molar-refractivity contribution in [2.75, 3.05) is 0 Å². The molecule has 0 bridgehead atoms. The molecule has 321 valence electrons. The summed E-state index contributed by atoms with van der Waals surface area (Å²) in [5.41, 5.74) is 17.4. The Morgan fingerprint density at radius 1 is 0.635 bits per heavy atom. The van der Waals surface area contributed by atoms with Crippen LogP contribution in [0.15, 0.2) is 146 Å². The predicted molar refractivity (Wildman–Crippen MR) is 264 cm³/mol. The van der Waals surface area contributed by atoms with Crippen LogP contribution in [0.1, 0.15) is 117 Å². The molecule has 2 aromatic heterocycles. The maximum absolute atomic E-state index is 5.25. The van der Waals surface area contributed by atoms with Crippen molar-refractivity contribution in [1.82, 2.24) is 14.5 Å². The van der Waals surface area contributed by atoms with Gasteiger partial charge in [-0.2, -0.15) is 0 Å². The van der Waals surface area contributed by atoms with Crippen molar-refractivity contribution >= 4 is 24.3 Å². The van der Waals surface area contributed by atoms with Gasteiger partial charge in [0.15, 0.2) is 0 Å². The summed E-state index contributed by atoms with van der Waals surface area (Å²) in [4.78, 5) is 10.0. The van der Waals surface area contributed by atoms with Crippen molar-refractivity contribution in [3.63, 3.8) is 0 Å². The SMILES string of the molecule is CC(C)c1cccc(C(C)C)c1-n1c(-c2[c-]cc3c(c2)-c2ccccc2C3c2ccccc2)nc2ccccc21.C[Si](C)(C)c1cnc(-c2[c-]cccc2)cc1C1CCCCC1.[Ir]. The second kappa shape index (κ2) is 18.9. The average Bonchev–Trinajstić information content (AvgIpc) is 3.85. The number of para-hydroxylation sites is 3. The summed E-state index contributed by atoms with van der Waals surface area (Å²) < 4.78 is 2.40. The summed E-state index contributed by atoms with van der Waals surface area (Å²) in [6.07, 6.45) is 9.03. The number of benzene rings is 6. The van der Waals surface area contributed by atoms with Crippen molar-refractivity contribution < 1.29 is 20.1 Å². The summed E-state index contributed by atoms with van der Waals surface area (Å²) in [6, 6.07) is 57.0. The molecule has 0 spiro atoms. The molecule has 1 saturated carbocycles. The van der Waals surface area contributed by atoms with Crippen molar-refractivity contribution in [2.45, 2.75) is 103 Å². The van der Waals surface area contributed by atoms with E-state index in [1.807, 2.05) is 12.1 Å². The van der Waals surface area contributed by atoms with Gasteiger partial charge in [-0.25, -0.2) is 0 Å². The molecule has 1 fully saturated rings. The number of nitrogens with zero attached hydrogens (tertiary/aromatic N) is 3. The molecule has 1 radical (unpaired) electrons. The Kier molecular flexibility index (Phi) is 13.3. The molecule has 63 heavy (non-hydrogen) atoms.